The van der Waals surface area contributed by atoms with Gasteiger partial charge in [-0.25, -0.2) is 0 Å². The van der Waals surface area contributed by atoms with E-state index in [1.807, 2.05) is 25.1 Å². The molecule has 3 nitrogen and oxygen atoms in total. The largest absolute Gasteiger partial charge is 0.353 e. The van der Waals surface area contributed by atoms with Crippen LogP contribution in [0.3, 0.4) is 0 Å². The number of aldehydes is 1. The molecule has 0 spiro atoms. The molecule has 2 heterocycles. The Bertz CT molecular complexity index is 784. The molecule has 18 heavy (non-hydrogen) atoms. The minimum Gasteiger partial charge on any atom is -0.353 e. The molecule has 0 aliphatic rings. The molecule has 0 aliphatic heterocycles. The highest BCUT2D eigenvalue weighted by Gasteiger charge is 2.07. The lowest BCUT2D eigenvalue weighted by atomic mass is 10.1. The molecular formula is C15H12N2O. The number of aromatic nitrogens is 2. The van der Waals surface area contributed by atoms with Crippen molar-refractivity contribution in [1.29, 1.82) is 0 Å². The van der Waals surface area contributed by atoms with Gasteiger partial charge in [0.05, 0.1) is 17.4 Å². The molecule has 0 fully saturated rings. The van der Waals surface area contributed by atoms with Crippen LogP contribution < -0.4 is 0 Å². The summed E-state index contributed by atoms with van der Waals surface area (Å²) in [5.74, 6) is 0. The fourth-order valence-electron chi connectivity index (χ4n) is 2.12. The Kier molecular flexibility index (Phi) is 2.27. The topological polar surface area (TPSA) is 45.8 Å². The first kappa shape index (κ1) is 10.7. The lowest BCUT2D eigenvalue weighted by Crippen LogP contribution is -1.83. The van der Waals surface area contributed by atoms with E-state index in [-0.39, 0.29) is 0 Å². The van der Waals surface area contributed by atoms with E-state index in [4.69, 9.17) is 0 Å². The van der Waals surface area contributed by atoms with E-state index in [0.29, 0.717) is 5.56 Å². The number of nitrogens with one attached hydrogen (secondary N) is 1. The van der Waals surface area contributed by atoms with Crippen LogP contribution in [0.25, 0.3) is 27.4 Å². The van der Waals surface area contributed by atoms with Crippen LogP contribution in [0.1, 0.15) is 23.0 Å². The maximum atomic E-state index is 10.8. The van der Waals surface area contributed by atoms with Crippen LogP contribution in [0.15, 0.2) is 37.0 Å². The number of nitrogens with zero attached hydrogens (tertiary/aromatic N) is 1. The zero-order chi connectivity index (χ0) is 12.7. The van der Waals surface area contributed by atoms with E-state index in [1.54, 1.807) is 12.3 Å². The van der Waals surface area contributed by atoms with Crippen molar-refractivity contribution >= 4 is 33.7 Å². The summed E-state index contributed by atoms with van der Waals surface area (Å²) >= 11 is 0. The first-order chi connectivity index (χ1) is 8.69. The van der Waals surface area contributed by atoms with Gasteiger partial charge >= 0.3 is 0 Å². The molecular weight excluding hydrogens is 224 g/mol. The Labute approximate surface area is 104 Å². The van der Waals surface area contributed by atoms with Crippen LogP contribution >= 0.6 is 0 Å². The maximum Gasteiger partial charge on any atom is 0.150 e. The van der Waals surface area contributed by atoms with Crippen LogP contribution in [0.2, 0.25) is 0 Å². The molecule has 0 atom stereocenters. The highest BCUT2D eigenvalue weighted by Crippen LogP contribution is 2.27. The molecule has 2 aromatic heterocycles. The van der Waals surface area contributed by atoms with Gasteiger partial charge in [-0.1, -0.05) is 6.58 Å². The van der Waals surface area contributed by atoms with Gasteiger partial charge in [0, 0.05) is 21.9 Å². The van der Waals surface area contributed by atoms with Gasteiger partial charge in [0.25, 0.3) is 0 Å². The molecule has 3 rings (SSSR count). The number of allylic oxidation sites excluding steroid dienone is 1. The molecule has 0 unspecified atom stereocenters. The standard InChI is InChI=1S/C15H12N2O/c1-9(2)14-6-12-11-5-10(8-18)3-4-13(11)17-15(12)7-16-14/h3-8,17H,1H2,2H3. The Hall–Kier alpha value is -2.42. The van der Waals surface area contributed by atoms with Gasteiger partial charge in [0.15, 0.2) is 0 Å². The minimum absolute atomic E-state index is 0.678. The number of hydrogen-bond acceptors (Lipinski definition) is 2. The van der Waals surface area contributed by atoms with Crippen molar-refractivity contribution in [2.24, 2.45) is 0 Å². The van der Waals surface area contributed by atoms with Gasteiger partial charge in [0.1, 0.15) is 6.29 Å². The Balaban J connectivity index is 2.40. The van der Waals surface area contributed by atoms with Crippen LogP contribution in [0.4, 0.5) is 0 Å². The zero-order valence-corrected chi connectivity index (χ0v) is 10.0. The number of H-pyrrole nitrogens is 1. The number of fused-ring (bicyclic) bond motifs is 3. The Morgan fingerprint density at radius 2 is 2.06 bits per heavy atom. The third-order valence-corrected chi connectivity index (χ3v) is 3.08. The third kappa shape index (κ3) is 1.52. The van der Waals surface area contributed by atoms with Gasteiger partial charge in [-0.3, -0.25) is 9.78 Å². The lowest BCUT2D eigenvalue weighted by molar-refractivity contribution is 0.112. The minimum atomic E-state index is 0.678. The van der Waals surface area contributed by atoms with E-state index in [0.717, 1.165) is 39.4 Å². The van der Waals surface area contributed by atoms with E-state index in [2.05, 4.69) is 16.5 Å². The fraction of sp³-hybridized carbons (Fsp3) is 0.0667. The van der Waals surface area contributed by atoms with Gasteiger partial charge in [0.2, 0.25) is 0 Å². The fourth-order valence-corrected chi connectivity index (χ4v) is 2.12. The number of aromatic amines is 1. The normalized spacial score (nSPS) is 10.9. The number of benzene rings is 1. The SMILES string of the molecule is C=C(C)c1cc2c(cn1)[nH]c1ccc(C=O)cc12. The molecule has 0 amide bonds. The molecule has 1 aromatic carbocycles. The van der Waals surface area contributed by atoms with Gasteiger partial charge in [-0.05, 0) is 36.8 Å². The van der Waals surface area contributed by atoms with E-state index in [1.165, 1.54) is 0 Å². The molecule has 3 heteroatoms. The summed E-state index contributed by atoms with van der Waals surface area (Å²) in [6, 6.07) is 7.62. The second-order valence-corrected chi connectivity index (χ2v) is 4.44. The number of carbonyl (C=O) groups excluding carboxylic acids is 1. The van der Waals surface area contributed by atoms with Crippen LogP contribution in [-0.4, -0.2) is 16.3 Å². The van der Waals surface area contributed by atoms with Crippen LogP contribution in [-0.2, 0) is 0 Å². The van der Waals surface area contributed by atoms with Gasteiger partial charge in [-0.2, -0.15) is 0 Å². The molecule has 0 bridgehead atoms. The van der Waals surface area contributed by atoms with Crippen molar-refractivity contribution in [2.75, 3.05) is 0 Å². The summed E-state index contributed by atoms with van der Waals surface area (Å²) in [6.45, 7) is 5.83. The molecule has 0 saturated carbocycles. The highest BCUT2D eigenvalue weighted by molar-refractivity contribution is 6.08. The molecule has 0 saturated heterocycles. The number of rotatable bonds is 2. The number of pyridine rings is 1. The summed E-state index contributed by atoms with van der Waals surface area (Å²) in [7, 11) is 0. The van der Waals surface area contributed by atoms with Crippen molar-refractivity contribution < 1.29 is 4.79 Å². The number of carbonyl (C=O) groups is 1. The highest BCUT2D eigenvalue weighted by atomic mass is 16.1. The molecule has 3 aromatic rings. The van der Waals surface area contributed by atoms with Crippen molar-refractivity contribution in [3.8, 4) is 0 Å². The van der Waals surface area contributed by atoms with Crippen molar-refractivity contribution in [3.05, 3.63) is 48.3 Å². The Morgan fingerprint density at radius 3 is 2.78 bits per heavy atom. The average Bonchev–Trinajstić information content (AvgIpc) is 2.75. The second kappa shape index (κ2) is 3.81. The van der Waals surface area contributed by atoms with Gasteiger partial charge < -0.3 is 4.98 Å². The van der Waals surface area contributed by atoms with Crippen LogP contribution in [0, 0.1) is 0 Å². The summed E-state index contributed by atoms with van der Waals surface area (Å²) < 4.78 is 0. The molecule has 1 N–H and O–H groups in total. The van der Waals surface area contributed by atoms with Crippen molar-refractivity contribution in [3.63, 3.8) is 0 Å². The van der Waals surface area contributed by atoms with Gasteiger partial charge in [-0.15, -0.1) is 0 Å². The third-order valence-electron chi connectivity index (χ3n) is 3.08. The first-order valence-electron chi connectivity index (χ1n) is 5.71. The Morgan fingerprint density at radius 1 is 1.28 bits per heavy atom. The summed E-state index contributed by atoms with van der Waals surface area (Å²) in [6.07, 6.45) is 2.67. The molecule has 0 aliphatic carbocycles. The van der Waals surface area contributed by atoms with Crippen molar-refractivity contribution in [1.82, 2.24) is 9.97 Å². The smallest absolute Gasteiger partial charge is 0.150 e. The monoisotopic (exact) mass is 236 g/mol. The van der Waals surface area contributed by atoms with Crippen LogP contribution in [0.5, 0.6) is 0 Å². The summed E-state index contributed by atoms with van der Waals surface area (Å²) in [5.41, 5.74) is 4.46. The molecule has 88 valence electrons. The predicted octanol–water partition coefficient (Wildman–Crippen LogP) is 3.56. The zero-order valence-electron chi connectivity index (χ0n) is 10.0. The van der Waals surface area contributed by atoms with E-state index >= 15 is 0 Å². The van der Waals surface area contributed by atoms with Crippen molar-refractivity contribution in [2.45, 2.75) is 6.92 Å². The van der Waals surface area contributed by atoms with E-state index < -0.39 is 0 Å². The second-order valence-electron chi connectivity index (χ2n) is 4.44. The lowest BCUT2D eigenvalue weighted by Gasteiger charge is -1.98. The summed E-state index contributed by atoms with van der Waals surface area (Å²) in [4.78, 5) is 18.5. The quantitative estimate of drug-likeness (QED) is 0.691. The maximum absolute atomic E-state index is 10.8. The average molecular weight is 236 g/mol. The molecule has 0 radical (unpaired) electrons. The van der Waals surface area contributed by atoms with E-state index in [9.17, 15) is 4.79 Å². The number of hydrogen-bond donors (Lipinski definition) is 1. The summed E-state index contributed by atoms with van der Waals surface area (Å²) in [5, 5.41) is 2.11. The predicted molar refractivity (Wildman–Crippen MR) is 73.7 cm³/mol. The first-order valence-corrected chi connectivity index (χ1v) is 5.71.